The van der Waals surface area contributed by atoms with Crippen molar-refractivity contribution in [3.05, 3.63) is 35.5 Å². The van der Waals surface area contributed by atoms with Crippen molar-refractivity contribution in [2.75, 3.05) is 39.9 Å². The number of piperidine rings is 2. The fraction of sp³-hybridized carbons (Fsp3) is 0.609. The Morgan fingerprint density at radius 2 is 2.04 bits per heavy atom. The SMILES string of the molecule is COCCN1C[C@]2(CCCN(Cc3cc4cc(C)ccc4n3C)C2)CCC1=O. The normalized spacial score (nSPS) is 23.8. The summed E-state index contributed by atoms with van der Waals surface area (Å²) in [6, 6.07) is 9.04. The number of fused-ring (bicyclic) bond motifs is 1. The topological polar surface area (TPSA) is 37.7 Å². The first-order chi connectivity index (χ1) is 13.5. The monoisotopic (exact) mass is 383 g/mol. The van der Waals surface area contributed by atoms with Crippen LogP contribution in [0.3, 0.4) is 0 Å². The maximum absolute atomic E-state index is 12.3. The van der Waals surface area contributed by atoms with Gasteiger partial charge in [-0.15, -0.1) is 0 Å². The standard InChI is InChI=1S/C23H33N3O2/c1-18-5-6-21-19(13-18)14-20(24(21)2)15-25-10-4-8-23(16-25)9-7-22(27)26(17-23)11-12-28-3/h5-6,13-14H,4,7-12,15-17H2,1-3H3/t23-/m1/s1. The Morgan fingerprint density at radius 1 is 1.18 bits per heavy atom. The summed E-state index contributed by atoms with van der Waals surface area (Å²) in [5, 5.41) is 1.33. The highest BCUT2D eigenvalue weighted by atomic mass is 16.5. The number of nitrogens with zero attached hydrogens (tertiary/aromatic N) is 3. The first kappa shape index (κ1) is 19.5. The highest BCUT2D eigenvalue weighted by Crippen LogP contribution is 2.39. The Bertz CT molecular complexity index is 859. The zero-order chi connectivity index (χ0) is 19.7. The molecule has 1 aromatic heterocycles. The molecule has 3 heterocycles. The first-order valence-corrected chi connectivity index (χ1v) is 10.5. The van der Waals surface area contributed by atoms with E-state index < -0.39 is 0 Å². The van der Waals surface area contributed by atoms with Crippen LogP contribution in [-0.4, -0.2) is 60.2 Å². The molecule has 2 fully saturated rings. The summed E-state index contributed by atoms with van der Waals surface area (Å²) in [7, 11) is 3.89. The number of rotatable bonds is 5. The second kappa shape index (κ2) is 7.88. The number of hydrogen-bond donors (Lipinski definition) is 0. The fourth-order valence-corrected chi connectivity index (χ4v) is 5.19. The minimum absolute atomic E-state index is 0.251. The molecule has 0 saturated carbocycles. The Hall–Kier alpha value is -1.85. The lowest BCUT2D eigenvalue weighted by Gasteiger charge is -2.48. The number of hydrogen-bond acceptors (Lipinski definition) is 3. The van der Waals surface area contributed by atoms with E-state index in [2.05, 4.69) is 47.7 Å². The van der Waals surface area contributed by atoms with Gasteiger partial charge in [0.2, 0.25) is 5.91 Å². The average Bonchev–Trinajstić information content (AvgIpc) is 2.97. The lowest BCUT2D eigenvalue weighted by atomic mass is 9.73. The van der Waals surface area contributed by atoms with Gasteiger partial charge in [0.1, 0.15) is 0 Å². The van der Waals surface area contributed by atoms with Crippen molar-refractivity contribution in [2.24, 2.45) is 12.5 Å². The lowest BCUT2D eigenvalue weighted by Crippen LogP contribution is -2.54. The van der Waals surface area contributed by atoms with E-state index in [0.717, 1.165) is 39.1 Å². The molecule has 0 bridgehead atoms. The fourth-order valence-electron chi connectivity index (χ4n) is 5.19. The zero-order valence-electron chi connectivity index (χ0n) is 17.5. The maximum Gasteiger partial charge on any atom is 0.222 e. The molecule has 4 rings (SSSR count). The quantitative estimate of drug-likeness (QED) is 0.795. The summed E-state index contributed by atoms with van der Waals surface area (Å²) in [4.78, 5) is 17.0. The van der Waals surface area contributed by atoms with E-state index in [1.54, 1.807) is 7.11 Å². The number of methoxy groups -OCH3 is 1. The number of benzene rings is 1. The van der Waals surface area contributed by atoms with Crippen molar-refractivity contribution >= 4 is 16.8 Å². The van der Waals surface area contributed by atoms with Crippen molar-refractivity contribution in [3.63, 3.8) is 0 Å². The Balaban J connectivity index is 1.48. The second-order valence-electron chi connectivity index (χ2n) is 8.88. The predicted octanol–water partition coefficient (Wildman–Crippen LogP) is 3.34. The highest BCUT2D eigenvalue weighted by Gasteiger charge is 2.41. The van der Waals surface area contributed by atoms with Gasteiger partial charge in [-0.2, -0.15) is 0 Å². The predicted molar refractivity (Wildman–Crippen MR) is 112 cm³/mol. The summed E-state index contributed by atoms with van der Waals surface area (Å²) in [6.45, 7) is 7.61. The van der Waals surface area contributed by atoms with Crippen LogP contribution in [-0.2, 0) is 23.1 Å². The van der Waals surface area contributed by atoms with E-state index in [1.807, 2.05) is 4.90 Å². The Morgan fingerprint density at radius 3 is 2.86 bits per heavy atom. The molecule has 2 aliphatic heterocycles. The summed E-state index contributed by atoms with van der Waals surface area (Å²) in [5.74, 6) is 0.295. The molecule has 5 heteroatoms. The molecule has 0 aliphatic carbocycles. The molecule has 1 spiro atoms. The molecule has 2 saturated heterocycles. The number of carbonyl (C=O) groups excluding carboxylic acids is 1. The summed E-state index contributed by atoms with van der Waals surface area (Å²) in [5.41, 5.74) is 4.24. The molecule has 0 N–H and O–H groups in total. The van der Waals surface area contributed by atoms with E-state index in [-0.39, 0.29) is 5.41 Å². The smallest absolute Gasteiger partial charge is 0.222 e. The van der Waals surface area contributed by atoms with Gasteiger partial charge in [-0.3, -0.25) is 9.69 Å². The molecule has 28 heavy (non-hydrogen) atoms. The van der Waals surface area contributed by atoms with E-state index in [4.69, 9.17) is 4.74 Å². The van der Waals surface area contributed by atoms with Gasteiger partial charge >= 0.3 is 0 Å². The summed E-state index contributed by atoms with van der Waals surface area (Å²) in [6.07, 6.45) is 4.16. The van der Waals surface area contributed by atoms with Crippen LogP contribution in [0.1, 0.15) is 36.9 Å². The number of amides is 1. The summed E-state index contributed by atoms with van der Waals surface area (Å²) >= 11 is 0. The second-order valence-corrected chi connectivity index (χ2v) is 8.88. The maximum atomic E-state index is 12.3. The van der Waals surface area contributed by atoms with Gasteiger partial charge in [-0.05, 0) is 50.9 Å². The van der Waals surface area contributed by atoms with Crippen molar-refractivity contribution < 1.29 is 9.53 Å². The molecule has 1 atom stereocenters. The number of aromatic nitrogens is 1. The Labute approximate surface area is 168 Å². The largest absolute Gasteiger partial charge is 0.383 e. The van der Waals surface area contributed by atoms with Crippen LogP contribution in [0.15, 0.2) is 24.3 Å². The highest BCUT2D eigenvalue weighted by molar-refractivity contribution is 5.82. The molecule has 152 valence electrons. The molecule has 1 amide bonds. The van der Waals surface area contributed by atoms with Crippen LogP contribution < -0.4 is 0 Å². The first-order valence-electron chi connectivity index (χ1n) is 10.5. The zero-order valence-corrected chi connectivity index (χ0v) is 17.5. The van der Waals surface area contributed by atoms with Crippen LogP contribution in [0.5, 0.6) is 0 Å². The molecule has 2 aromatic rings. The third-order valence-electron chi connectivity index (χ3n) is 6.74. The summed E-state index contributed by atoms with van der Waals surface area (Å²) < 4.78 is 7.55. The van der Waals surface area contributed by atoms with E-state index in [9.17, 15) is 4.79 Å². The molecule has 0 unspecified atom stereocenters. The van der Waals surface area contributed by atoms with E-state index >= 15 is 0 Å². The van der Waals surface area contributed by atoms with Gasteiger partial charge in [0.05, 0.1) is 6.61 Å². The van der Waals surface area contributed by atoms with Gasteiger partial charge in [0.15, 0.2) is 0 Å². The van der Waals surface area contributed by atoms with Crippen LogP contribution in [0, 0.1) is 12.3 Å². The van der Waals surface area contributed by atoms with Crippen molar-refractivity contribution in [3.8, 4) is 0 Å². The third-order valence-corrected chi connectivity index (χ3v) is 6.74. The molecular formula is C23H33N3O2. The molecule has 5 nitrogen and oxygen atoms in total. The molecule has 1 aromatic carbocycles. The number of likely N-dealkylation sites (tertiary alicyclic amines) is 2. The number of ether oxygens (including phenoxy) is 1. The molecule has 2 aliphatic rings. The number of aryl methyl sites for hydroxylation is 2. The Kier molecular flexibility index (Phi) is 5.48. The van der Waals surface area contributed by atoms with Gasteiger partial charge in [-0.25, -0.2) is 0 Å². The van der Waals surface area contributed by atoms with Gasteiger partial charge in [0, 0.05) is 68.8 Å². The molecular weight excluding hydrogens is 350 g/mol. The van der Waals surface area contributed by atoms with Gasteiger partial charge in [-0.1, -0.05) is 11.6 Å². The van der Waals surface area contributed by atoms with Crippen LogP contribution in [0.25, 0.3) is 10.9 Å². The van der Waals surface area contributed by atoms with Crippen molar-refractivity contribution in [1.29, 1.82) is 0 Å². The van der Waals surface area contributed by atoms with Gasteiger partial charge in [0.25, 0.3) is 0 Å². The van der Waals surface area contributed by atoms with Crippen LogP contribution >= 0.6 is 0 Å². The molecule has 0 radical (unpaired) electrons. The van der Waals surface area contributed by atoms with Gasteiger partial charge < -0.3 is 14.2 Å². The van der Waals surface area contributed by atoms with Crippen molar-refractivity contribution in [2.45, 2.75) is 39.2 Å². The van der Waals surface area contributed by atoms with Crippen LogP contribution in [0.2, 0.25) is 0 Å². The minimum Gasteiger partial charge on any atom is -0.383 e. The van der Waals surface area contributed by atoms with Crippen molar-refractivity contribution in [1.82, 2.24) is 14.4 Å². The lowest BCUT2D eigenvalue weighted by molar-refractivity contribution is -0.140. The van der Waals surface area contributed by atoms with Crippen LogP contribution in [0.4, 0.5) is 0 Å². The van der Waals surface area contributed by atoms with E-state index in [0.29, 0.717) is 18.9 Å². The third kappa shape index (κ3) is 3.83. The minimum atomic E-state index is 0.251. The number of carbonyl (C=O) groups is 1. The van der Waals surface area contributed by atoms with E-state index in [1.165, 1.54) is 35.0 Å². The average molecular weight is 384 g/mol.